The van der Waals surface area contributed by atoms with Crippen molar-refractivity contribution >= 4 is 12.3 Å². The summed E-state index contributed by atoms with van der Waals surface area (Å²) in [5.41, 5.74) is -0.174. The Hall–Kier alpha value is -0.860. The van der Waals surface area contributed by atoms with E-state index in [0.717, 1.165) is 6.29 Å². The van der Waals surface area contributed by atoms with Crippen LogP contribution in [-0.2, 0) is 9.59 Å². The normalized spacial score (nSPS) is 32.9. The summed E-state index contributed by atoms with van der Waals surface area (Å²) in [6.07, 6.45) is 1.18. The predicted molar refractivity (Wildman–Crippen MR) is 39.1 cm³/mol. The molecule has 2 unspecified atom stereocenters. The number of hydrogen-bond acceptors (Lipinski definition) is 2. The third-order valence-electron chi connectivity index (χ3n) is 2.67. The first kappa shape index (κ1) is 8.24. The van der Waals surface area contributed by atoms with E-state index in [0.29, 0.717) is 6.42 Å². The van der Waals surface area contributed by atoms with Crippen molar-refractivity contribution in [3.8, 4) is 0 Å². The van der Waals surface area contributed by atoms with Gasteiger partial charge in [-0.3, -0.25) is 4.79 Å². The number of aliphatic carboxylic acids is 1. The fourth-order valence-electron chi connectivity index (χ4n) is 1.78. The zero-order valence-electron chi connectivity index (χ0n) is 6.70. The molecular weight excluding hydrogens is 144 g/mol. The standard InChI is InChI=1S/C8H12O3/c1-8(2)5(3-4-9)6(8)7(10)11/h4-6H,3H2,1-2H3,(H,10,11). The van der Waals surface area contributed by atoms with Crippen molar-refractivity contribution in [3.05, 3.63) is 0 Å². The first-order valence-corrected chi connectivity index (χ1v) is 3.68. The summed E-state index contributed by atoms with van der Waals surface area (Å²) in [6.45, 7) is 3.78. The highest BCUT2D eigenvalue weighted by Gasteiger charge is 2.61. The van der Waals surface area contributed by atoms with Crippen LogP contribution in [0, 0.1) is 17.3 Å². The maximum Gasteiger partial charge on any atom is 0.307 e. The van der Waals surface area contributed by atoms with Crippen molar-refractivity contribution in [1.29, 1.82) is 0 Å². The van der Waals surface area contributed by atoms with Crippen molar-refractivity contribution in [2.75, 3.05) is 0 Å². The molecule has 1 saturated carbocycles. The molecule has 3 nitrogen and oxygen atoms in total. The maximum absolute atomic E-state index is 10.5. The van der Waals surface area contributed by atoms with E-state index in [9.17, 15) is 9.59 Å². The molecule has 0 spiro atoms. The zero-order chi connectivity index (χ0) is 8.65. The van der Waals surface area contributed by atoms with Crippen LogP contribution in [0.25, 0.3) is 0 Å². The second kappa shape index (κ2) is 2.32. The number of aldehydes is 1. The van der Waals surface area contributed by atoms with E-state index < -0.39 is 5.97 Å². The van der Waals surface area contributed by atoms with Crippen LogP contribution >= 0.6 is 0 Å². The van der Waals surface area contributed by atoms with Gasteiger partial charge in [0.25, 0.3) is 0 Å². The van der Waals surface area contributed by atoms with Gasteiger partial charge in [-0.05, 0) is 11.3 Å². The topological polar surface area (TPSA) is 54.4 Å². The summed E-state index contributed by atoms with van der Waals surface area (Å²) in [5.74, 6) is -1.04. The van der Waals surface area contributed by atoms with Crippen molar-refractivity contribution in [2.24, 2.45) is 17.3 Å². The molecule has 0 amide bonds. The number of hydrogen-bond donors (Lipinski definition) is 1. The average Bonchev–Trinajstić information content (AvgIpc) is 2.35. The third kappa shape index (κ3) is 1.15. The lowest BCUT2D eigenvalue weighted by atomic mass is 10.1. The van der Waals surface area contributed by atoms with E-state index in [2.05, 4.69) is 0 Å². The SMILES string of the molecule is CC1(C)C(CC=O)C1C(=O)O. The molecule has 2 atom stereocenters. The Bertz CT molecular complexity index is 196. The van der Waals surface area contributed by atoms with Gasteiger partial charge >= 0.3 is 5.97 Å². The van der Waals surface area contributed by atoms with Crippen LogP contribution in [0.15, 0.2) is 0 Å². The molecule has 1 aliphatic rings. The Morgan fingerprint density at radius 3 is 2.45 bits per heavy atom. The molecule has 0 radical (unpaired) electrons. The molecule has 0 aromatic carbocycles. The van der Waals surface area contributed by atoms with Crippen LogP contribution in [0.3, 0.4) is 0 Å². The molecule has 3 heteroatoms. The van der Waals surface area contributed by atoms with Crippen molar-refractivity contribution in [2.45, 2.75) is 20.3 Å². The molecule has 0 saturated heterocycles. The molecule has 0 aliphatic heterocycles. The van der Waals surface area contributed by atoms with Crippen LogP contribution in [0.1, 0.15) is 20.3 Å². The number of rotatable bonds is 3. The quantitative estimate of drug-likeness (QED) is 0.618. The Morgan fingerprint density at radius 1 is 1.64 bits per heavy atom. The number of carbonyl (C=O) groups is 2. The first-order valence-electron chi connectivity index (χ1n) is 3.68. The van der Waals surface area contributed by atoms with Gasteiger partial charge in [0, 0.05) is 6.42 Å². The molecule has 1 aliphatic carbocycles. The third-order valence-corrected chi connectivity index (χ3v) is 2.67. The second-order valence-electron chi connectivity index (χ2n) is 3.65. The number of carboxylic acids is 1. The summed E-state index contributed by atoms with van der Waals surface area (Å²) in [4.78, 5) is 20.7. The molecule has 0 aromatic rings. The van der Waals surface area contributed by atoms with Gasteiger partial charge in [-0.2, -0.15) is 0 Å². The van der Waals surface area contributed by atoms with E-state index in [4.69, 9.17) is 5.11 Å². The molecule has 0 heterocycles. The molecule has 0 aromatic heterocycles. The monoisotopic (exact) mass is 156 g/mol. The van der Waals surface area contributed by atoms with Gasteiger partial charge in [-0.1, -0.05) is 13.8 Å². The largest absolute Gasteiger partial charge is 0.481 e. The lowest BCUT2D eigenvalue weighted by Gasteiger charge is -1.96. The van der Waals surface area contributed by atoms with Crippen molar-refractivity contribution < 1.29 is 14.7 Å². The minimum absolute atomic E-state index is 0.0532. The van der Waals surface area contributed by atoms with Crippen molar-refractivity contribution in [3.63, 3.8) is 0 Å². The van der Waals surface area contributed by atoms with Gasteiger partial charge in [0.05, 0.1) is 5.92 Å². The van der Waals surface area contributed by atoms with E-state index >= 15 is 0 Å². The summed E-state index contributed by atoms with van der Waals surface area (Å²) >= 11 is 0. The summed E-state index contributed by atoms with van der Waals surface area (Å²) < 4.78 is 0. The minimum Gasteiger partial charge on any atom is -0.481 e. The average molecular weight is 156 g/mol. The fraction of sp³-hybridized carbons (Fsp3) is 0.750. The zero-order valence-corrected chi connectivity index (χ0v) is 6.70. The van der Waals surface area contributed by atoms with Crippen LogP contribution in [-0.4, -0.2) is 17.4 Å². The van der Waals surface area contributed by atoms with Gasteiger partial charge in [-0.25, -0.2) is 0 Å². The second-order valence-corrected chi connectivity index (χ2v) is 3.65. The van der Waals surface area contributed by atoms with E-state index in [1.165, 1.54) is 0 Å². The lowest BCUT2D eigenvalue weighted by molar-refractivity contribution is -0.139. The number of carboxylic acid groups (broad SMARTS) is 1. The Labute approximate surface area is 65.4 Å². The Morgan fingerprint density at radius 2 is 2.18 bits per heavy atom. The predicted octanol–water partition coefficient (Wildman–Crippen LogP) is 0.932. The highest BCUT2D eigenvalue weighted by atomic mass is 16.4. The number of carbonyl (C=O) groups excluding carboxylic acids is 1. The highest BCUT2D eigenvalue weighted by Crippen LogP contribution is 2.59. The van der Waals surface area contributed by atoms with Crippen LogP contribution in [0.2, 0.25) is 0 Å². The molecular formula is C8H12O3. The highest BCUT2D eigenvalue weighted by molar-refractivity contribution is 5.76. The first-order chi connectivity index (χ1) is 5.01. The minimum atomic E-state index is -0.776. The van der Waals surface area contributed by atoms with Gasteiger partial charge in [0.2, 0.25) is 0 Å². The molecule has 11 heavy (non-hydrogen) atoms. The molecule has 62 valence electrons. The van der Waals surface area contributed by atoms with Crippen molar-refractivity contribution in [1.82, 2.24) is 0 Å². The van der Waals surface area contributed by atoms with Crippen LogP contribution < -0.4 is 0 Å². The molecule has 0 bridgehead atoms. The van der Waals surface area contributed by atoms with E-state index in [1.807, 2.05) is 13.8 Å². The van der Waals surface area contributed by atoms with Gasteiger partial charge in [0.15, 0.2) is 0 Å². The smallest absolute Gasteiger partial charge is 0.307 e. The van der Waals surface area contributed by atoms with Gasteiger partial charge < -0.3 is 9.90 Å². The maximum atomic E-state index is 10.5. The van der Waals surface area contributed by atoms with Crippen LogP contribution in [0.5, 0.6) is 0 Å². The lowest BCUT2D eigenvalue weighted by Crippen LogP contribution is -2.03. The van der Waals surface area contributed by atoms with E-state index in [-0.39, 0.29) is 17.3 Å². The Balaban J connectivity index is 2.60. The molecule has 1 fully saturated rings. The van der Waals surface area contributed by atoms with Gasteiger partial charge in [0.1, 0.15) is 6.29 Å². The summed E-state index contributed by atoms with van der Waals surface area (Å²) in [6, 6.07) is 0. The molecule has 1 N–H and O–H groups in total. The van der Waals surface area contributed by atoms with Crippen LogP contribution in [0.4, 0.5) is 0 Å². The fourth-order valence-corrected chi connectivity index (χ4v) is 1.78. The van der Waals surface area contributed by atoms with Gasteiger partial charge in [-0.15, -0.1) is 0 Å². The summed E-state index contributed by atoms with van der Waals surface area (Å²) in [7, 11) is 0. The Kier molecular flexibility index (Phi) is 1.74. The summed E-state index contributed by atoms with van der Waals surface area (Å²) in [5, 5.41) is 8.67. The van der Waals surface area contributed by atoms with E-state index in [1.54, 1.807) is 0 Å². The molecule has 1 rings (SSSR count).